The highest BCUT2D eigenvalue weighted by atomic mass is 16.5. The first-order chi connectivity index (χ1) is 13.5. The van der Waals surface area contributed by atoms with E-state index in [1.54, 1.807) is 48.5 Å². The van der Waals surface area contributed by atoms with E-state index in [1.807, 2.05) is 13.0 Å². The number of benzene rings is 2. The Balaban J connectivity index is 1.77. The topological polar surface area (TPSA) is 106 Å². The molecule has 0 spiro atoms. The summed E-state index contributed by atoms with van der Waals surface area (Å²) in [7, 11) is 0. The minimum atomic E-state index is -0.924. The maximum absolute atomic E-state index is 12.0. The van der Waals surface area contributed by atoms with Crippen molar-refractivity contribution in [1.29, 1.82) is 0 Å². The second kappa shape index (κ2) is 10.6. The third kappa shape index (κ3) is 6.64. The van der Waals surface area contributed by atoms with Crippen LogP contribution in [0.5, 0.6) is 5.75 Å². The standard InChI is InChI=1S/C20H23N3O5/c1-3-27-17-12-8-7-11-16(17)23-18(24)13-28-19(25)14(2)21-20(26)22-15-9-5-4-6-10-15/h4-12,14H,3,13H2,1-2H3,(H,23,24)(H2,21,22,26)/t14-/m0/s1. The number of carbonyl (C=O) groups is 3. The average molecular weight is 385 g/mol. The fourth-order valence-corrected chi connectivity index (χ4v) is 2.24. The molecule has 0 bridgehead atoms. The zero-order valence-electron chi connectivity index (χ0n) is 15.7. The van der Waals surface area contributed by atoms with Crippen molar-refractivity contribution in [3.05, 3.63) is 54.6 Å². The molecule has 2 aromatic carbocycles. The van der Waals surface area contributed by atoms with Gasteiger partial charge in [-0.2, -0.15) is 0 Å². The van der Waals surface area contributed by atoms with Gasteiger partial charge in [0, 0.05) is 5.69 Å². The van der Waals surface area contributed by atoms with Gasteiger partial charge in [-0.1, -0.05) is 30.3 Å². The SMILES string of the molecule is CCOc1ccccc1NC(=O)COC(=O)[C@H](C)NC(=O)Nc1ccccc1. The number of ether oxygens (including phenoxy) is 2. The third-order valence-corrected chi connectivity index (χ3v) is 3.54. The number of anilines is 2. The van der Waals surface area contributed by atoms with Crippen molar-refractivity contribution in [2.24, 2.45) is 0 Å². The van der Waals surface area contributed by atoms with E-state index in [0.717, 1.165) is 0 Å². The molecule has 0 aliphatic rings. The Labute approximate surface area is 163 Å². The van der Waals surface area contributed by atoms with E-state index in [2.05, 4.69) is 16.0 Å². The van der Waals surface area contributed by atoms with Crippen molar-refractivity contribution in [3.8, 4) is 5.75 Å². The summed E-state index contributed by atoms with van der Waals surface area (Å²) in [5.74, 6) is -0.713. The first-order valence-corrected chi connectivity index (χ1v) is 8.80. The van der Waals surface area contributed by atoms with Gasteiger partial charge in [0.05, 0.1) is 12.3 Å². The Morgan fingerprint density at radius 2 is 1.64 bits per heavy atom. The highest BCUT2D eigenvalue weighted by molar-refractivity contribution is 5.95. The first-order valence-electron chi connectivity index (χ1n) is 8.80. The van der Waals surface area contributed by atoms with Crippen molar-refractivity contribution in [2.75, 3.05) is 23.8 Å². The van der Waals surface area contributed by atoms with Crippen LogP contribution in [0.4, 0.5) is 16.2 Å². The molecule has 3 N–H and O–H groups in total. The molecule has 0 unspecified atom stereocenters. The highest BCUT2D eigenvalue weighted by Crippen LogP contribution is 2.23. The number of esters is 1. The molecule has 0 saturated heterocycles. The van der Waals surface area contributed by atoms with Crippen LogP contribution in [0.25, 0.3) is 0 Å². The Bertz CT molecular complexity index is 810. The van der Waals surface area contributed by atoms with Gasteiger partial charge < -0.3 is 25.4 Å². The lowest BCUT2D eigenvalue weighted by atomic mass is 10.3. The van der Waals surface area contributed by atoms with Crippen molar-refractivity contribution in [2.45, 2.75) is 19.9 Å². The van der Waals surface area contributed by atoms with E-state index >= 15 is 0 Å². The molecule has 2 aromatic rings. The van der Waals surface area contributed by atoms with Gasteiger partial charge in [-0.05, 0) is 38.1 Å². The minimum absolute atomic E-state index is 0.454. The van der Waals surface area contributed by atoms with Crippen LogP contribution in [0.2, 0.25) is 0 Å². The van der Waals surface area contributed by atoms with E-state index in [0.29, 0.717) is 23.7 Å². The molecule has 0 aromatic heterocycles. The largest absolute Gasteiger partial charge is 0.492 e. The fourth-order valence-electron chi connectivity index (χ4n) is 2.24. The number of para-hydroxylation sites is 3. The fraction of sp³-hybridized carbons (Fsp3) is 0.250. The van der Waals surface area contributed by atoms with Gasteiger partial charge >= 0.3 is 12.0 Å². The summed E-state index contributed by atoms with van der Waals surface area (Å²) < 4.78 is 10.4. The lowest BCUT2D eigenvalue weighted by Crippen LogP contribution is -2.42. The van der Waals surface area contributed by atoms with E-state index in [9.17, 15) is 14.4 Å². The van der Waals surface area contributed by atoms with Crippen LogP contribution in [0.15, 0.2) is 54.6 Å². The molecule has 0 radical (unpaired) electrons. The summed E-state index contributed by atoms with van der Waals surface area (Å²) in [5.41, 5.74) is 1.08. The van der Waals surface area contributed by atoms with E-state index in [-0.39, 0.29) is 0 Å². The van der Waals surface area contributed by atoms with Crippen molar-refractivity contribution < 1.29 is 23.9 Å². The van der Waals surface area contributed by atoms with Gasteiger partial charge in [0.25, 0.3) is 5.91 Å². The molecule has 0 saturated carbocycles. The summed E-state index contributed by atoms with van der Waals surface area (Å²) in [4.78, 5) is 35.9. The number of amides is 3. The Hall–Kier alpha value is -3.55. The van der Waals surface area contributed by atoms with Crippen LogP contribution in [-0.2, 0) is 14.3 Å². The average Bonchev–Trinajstić information content (AvgIpc) is 2.68. The van der Waals surface area contributed by atoms with Gasteiger partial charge in [-0.3, -0.25) is 4.79 Å². The molecule has 0 aliphatic heterocycles. The summed E-state index contributed by atoms with van der Waals surface area (Å²) in [6.07, 6.45) is 0. The molecular formula is C20H23N3O5. The summed E-state index contributed by atoms with van der Waals surface area (Å²) in [6, 6.07) is 14.3. The van der Waals surface area contributed by atoms with Crippen LogP contribution in [0.3, 0.4) is 0 Å². The van der Waals surface area contributed by atoms with E-state index in [4.69, 9.17) is 9.47 Å². The summed E-state index contributed by atoms with van der Waals surface area (Å²) in [5, 5.41) is 7.67. The number of hydrogen-bond acceptors (Lipinski definition) is 5. The van der Waals surface area contributed by atoms with Gasteiger partial charge in [-0.25, -0.2) is 9.59 Å². The van der Waals surface area contributed by atoms with Crippen LogP contribution < -0.4 is 20.7 Å². The molecule has 148 valence electrons. The second-order valence-electron chi connectivity index (χ2n) is 5.77. The molecule has 0 fully saturated rings. The Kier molecular flexibility index (Phi) is 7.83. The van der Waals surface area contributed by atoms with Gasteiger partial charge in [-0.15, -0.1) is 0 Å². The Morgan fingerprint density at radius 3 is 2.36 bits per heavy atom. The normalized spacial score (nSPS) is 11.1. The molecule has 1 atom stereocenters. The number of nitrogens with one attached hydrogen (secondary N) is 3. The Morgan fingerprint density at radius 1 is 0.964 bits per heavy atom. The predicted molar refractivity (Wildman–Crippen MR) is 105 cm³/mol. The quantitative estimate of drug-likeness (QED) is 0.606. The van der Waals surface area contributed by atoms with Crippen molar-refractivity contribution >= 4 is 29.3 Å². The maximum Gasteiger partial charge on any atom is 0.328 e. The smallest absolute Gasteiger partial charge is 0.328 e. The van der Waals surface area contributed by atoms with E-state index in [1.165, 1.54) is 6.92 Å². The summed E-state index contributed by atoms with van der Waals surface area (Å²) in [6.45, 7) is 3.28. The second-order valence-corrected chi connectivity index (χ2v) is 5.77. The number of carbonyl (C=O) groups excluding carboxylic acids is 3. The molecule has 8 nitrogen and oxygen atoms in total. The van der Waals surface area contributed by atoms with Crippen LogP contribution in [0, 0.1) is 0 Å². The number of urea groups is 1. The lowest BCUT2D eigenvalue weighted by molar-refractivity contribution is -0.148. The van der Waals surface area contributed by atoms with Crippen LogP contribution in [-0.4, -0.2) is 37.2 Å². The van der Waals surface area contributed by atoms with Crippen molar-refractivity contribution in [1.82, 2.24) is 5.32 Å². The number of hydrogen-bond donors (Lipinski definition) is 3. The minimum Gasteiger partial charge on any atom is -0.492 e. The first kappa shape index (κ1) is 20.8. The summed E-state index contributed by atoms with van der Waals surface area (Å²) >= 11 is 0. The van der Waals surface area contributed by atoms with Crippen LogP contribution in [0.1, 0.15) is 13.8 Å². The number of rotatable bonds is 8. The molecule has 0 heterocycles. The lowest BCUT2D eigenvalue weighted by Gasteiger charge is -2.15. The molecule has 28 heavy (non-hydrogen) atoms. The van der Waals surface area contributed by atoms with Gasteiger partial charge in [0.2, 0.25) is 0 Å². The zero-order valence-corrected chi connectivity index (χ0v) is 15.7. The zero-order chi connectivity index (χ0) is 20.4. The molecular weight excluding hydrogens is 362 g/mol. The highest BCUT2D eigenvalue weighted by Gasteiger charge is 2.18. The van der Waals surface area contributed by atoms with Gasteiger partial charge in [0.15, 0.2) is 6.61 Å². The van der Waals surface area contributed by atoms with Crippen molar-refractivity contribution in [3.63, 3.8) is 0 Å². The molecule has 2 rings (SSSR count). The third-order valence-electron chi connectivity index (χ3n) is 3.54. The molecule has 3 amide bonds. The molecule has 8 heteroatoms. The van der Waals surface area contributed by atoms with Gasteiger partial charge in [0.1, 0.15) is 11.8 Å². The molecule has 0 aliphatic carbocycles. The van der Waals surface area contributed by atoms with E-state index < -0.39 is 30.6 Å². The van der Waals surface area contributed by atoms with Crippen LogP contribution >= 0.6 is 0 Å². The monoisotopic (exact) mass is 385 g/mol. The maximum atomic E-state index is 12.0. The predicted octanol–water partition coefficient (Wildman–Crippen LogP) is 2.78.